The Balaban J connectivity index is 1.76. The molecule has 1 fully saturated rings. The Morgan fingerprint density at radius 2 is 2.31 bits per heavy atom. The molecular formula is C13H16N2S. The summed E-state index contributed by atoms with van der Waals surface area (Å²) in [5, 5.41) is 4.54. The number of benzene rings is 1. The van der Waals surface area contributed by atoms with E-state index < -0.39 is 0 Å². The second kappa shape index (κ2) is 4.06. The molecule has 1 heterocycles. The molecule has 1 aliphatic carbocycles. The quantitative estimate of drug-likeness (QED) is 0.870. The summed E-state index contributed by atoms with van der Waals surface area (Å²) in [6.07, 6.45) is 4.18. The van der Waals surface area contributed by atoms with Crippen molar-refractivity contribution >= 4 is 26.7 Å². The van der Waals surface area contributed by atoms with E-state index >= 15 is 0 Å². The Morgan fingerprint density at radius 1 is 1.44 bits per heavy atom. The molecule has 0 aliphatic heterocycles. The minimum atomic E-state index is 0.883. The number of fused-ring (bicyclic) bond motifs is 1. The number of hydrogen-bond donors (Lipinski definition) is 1. The van der Waals surface area contributed by atoms with E-state index in [9.17, 15) is 0 Å². The van der Waals surface area contributed by atoms with E-state index in [0.29, 0.717) is 0 Å². The highest BCUT2D eigenvalue weighted by atomic mass is 32.1. The predicted molar refractivity (Wildman–Crippen MR) is 70.2 cm³/mol. The van der Waals surface area contributed by atoms with Crippen LogP contribution < -0.4 is 5.32 Å². The number of rotatable bonds is 3. The van der Waals surface area contributed by atoms with Crippen LogP contribution in [-0.2, 0) is 0 Å². The molecule has 2 aromatic rings. The Labute approximate surface area is 99.7 Å². The van der Waals surface area contributed by atoms with Crippen LogP contribution in [0.2, 0.25) is 0 Å². The summed E-state index contributed by atoms with van der Waals surface area (Å²) in [6.45, 7) is 3.21. The lowest BCUT2D eigenvalue weighted by Gasteiger charge is -2.25. The normalized spacial score (nSPS) is 16.3. The Kier molecular flexibility index (Phi) is 2.56. The third kappa shape index (κ3) is 1.92. The van der Waals surface area contributed by atoms with Crippen molar-refractivity contribution in [2.24, 2.45) is 5.92 Å². The molecule has 0 unspecified atom stereocenters. The van der Waals surface area contributed by atoms with Crippen LogP contribution in [0.3, 0.4) is 0 Å². The molecule has 0 radical (unpaired) electrons. The monoisotopic (exact) mass is 232 g/mol. The second-order valence-electron chi connectivity index (χ2n) is 4.67. The molecule has 1 aromatic carbocycles. The van der Waals surface area contributed by atoms with Crippen molar-refractivity contribution in [3.63, 3.8) is 0 Å². The van der Waals surface area contributed by atoms with Gasteiger partial charge in [-0.25, -0.2) is 4.98 Å². The zero-order chi connectivity index (χ0) is 11.0. The fourth-order valence-electron chi connectivity index (χ4n) is 2.04. The highest BCUT2D eigenvalue weighted by Gasteiger charge is 2.17. The predicted octanol–water partition coefficient (Wildman–Crippen LogP) is 3.82. The van der Waals surface area contributed by atoms with E-state index in [1.54, 1.807) is 11.3 Å². The topological polar surface area (TPSA) is 24.9 Å². The van der Waals surface area contributed by atoms with E-state index in [2.05, 4.69) is 35.4 Å². The highest BCUT2D eigenvalue weighted by Crippen LogP contribution is 2.29. The zero-order valence-corrected chi connectivity index (χ0v) is 10.3. The molecule has 3 heteroatoms. The smallest absolute Gasteiger partial charge is 0.183 e. The first kappa shape index (κ1) is 10.1. The van der Waals surface area contributed by atoms with Gasteiger partial charge in [0.1, 0.15) is 0 Å². The van der Waals surface area contributed by atoms with Crippen LogP contribution in [0.5, 0.6) is 0 Å². The number of nitrogens with one attached hydrogen (secondary N) is 1. The van der Waals surface area contributed by atoms with Gasteiger partial charge in [-0.05, 0) is 43.4 Å². The summed E-state index contributed by atoms with van der Waals surface area (Å²) < 4.78 is 1.28. The van der Waals surface area contributed by atoms with Crippen molar-refractivity contribution in [1.82, 2.24) is 4.98 Å². The molecule has 1 N–H and O–H groups in total. The Bertz CT molecular complexity index is 500. The maximum Gasteiger partial charge on any atom is 0.183 e. The summed E-state index contributed by atoms with van der Waals surface area (Å²) in [5.74, 6) is 0.883. The van der Waals surface area contributed by atoms with E-state index in [1.165, 1.54) is 29.5 Å². The molecule has 16 heavy (non-hydrogen) atoms. The molecule has 0 saturated heterocycles. The van der Waals surface area contributed by atoms with Crippen molar-refractivity contribution in [2.75, 3.05) is 11.9 Å². The van der Waals surface area contributed by atoms with Gasteiger partial charge in [0.05, 0.1) is 10.2 Å². The summed E-state index contributed by atoms with van der Waals surface area (Å²) in [6, 6.07) is 6.47. The lowest BCUT2D eigenvalue weighted by Crippen LogP contribution is -2.20. The fraction of sp³-hybridized carbons (Fsp3) is 0.462. The SMILES string of the molecule is Cc1ccc2sc(NCC3CCC3)nc2c1. The first-order chi connectivity index (χ1) is 7.81. The van der Waals surface area contributed by atoms with Gasteiger partial charge in [-0.2, -0.15) is 0 Å². The van der Waals surface area contributed by atoms with Crippen molar-refractivity contribution in [3.05, 3.63) is 23.8 Å². The molecule has 1 saturated carbocycles. The van der Waals surface area contributed by atoms with Crippen LogP contribution >= 0.6 is 11.3 Å². The maximum absolute atomic E-state index is 4.61. The van der Waals surface area contributed by atoms with Crippen molar-refractivity contribution in [3.8, 4) is 0 Å². The van der Waals surface area contributed by atoms with Gasteiger partial charge in [0.2, 0.25) is 0 Å². The lowest BCUT2D eigenvalue weighted by atomic mass is 9.86. The molecule has 0 atom stereocenters. The number of hydrogen-bond acceptors (Lipinski definition) is 3. The lowest BCUT2D eigenvalue weighted by molar-refractivity contribution is 0.333. The van der Waals surface area contributed by atoms with E-state index in [1.807, 2.05) is 0 Å². The average molecular weight is 232 g/mol. The second-order valence-corrected chi connectivity index (χ2v) is 5.70. The number of thiazole rings is 1. The van der Waals surface area contributed by atoms with Crippen LogP contribution in [0, 0.1) is 12.8 Å². The van der Waals surface area contributed by atoms with Gasteiger partial charge < -0.3 is 5.32 Å². The third-order valence-corrected chi connectivity index (χ3v) is 4.30. The van der Waals surface area contributed by atoms with Crippen molar-refractivity contribution in [1.29, 1.82) is 0 Å². The van der Waals surface area contributed by atoms with Crippen LogP contribution in [0.15, 0.2) is 18.2 Å². The Morgan fingerprint density at radius 3 is 3.06 bits per heavy atom. The first-order valence-corrected chi connectivity index (χ1v) is 6.74. The van der Waals surface area contributed by atoms with Crippen LogP contribution in [0.25, 0.3) is 10.2 Å². The molecule has 3 rings (SSSR count). The molecule has 1 aromatic heterocycles. The summed E-state index contributed by atoms with van der Waals surface area (Å²) in [4.78, 5) is 4.61. The van der Waals surface area contributed by atoms with E-state index in [-0.39, 0.29) is 0 Å². The highest BCUT2D eigenvalue weighted by molar-refractivity contribution is 7.22. The minimum absolute atomic E-state index is 0.883. The number of aryl methyl sites for hydroxylation is 1. The van der Waals surface area contributed by atoms with Crippen molar-refractivity contribution in [2.45, 2.75) is 26.2 Å². The fourth-order valence-corrected chi connectivity index (χ4v) is 2.89. The molecule has 0 spiro atoms. The number of nitrogens with zero attached hydrogens (tertiary/aromatic N) is 1. The van der Waals surface area contributed by atoms with Crippen molar-refractivity contribution < 1.29 is 0 Å². The molecule has 0 amide bonds. The molecule has 1 aliphatic rings. The van der Waals surface area contributed by atoms with E-state index in [0.717, 1.165) is 23.1 Å². The molecular weight excluding hydrogens is 216 g/mol. The largest absolute Gasteiger partial charge is 0.361 e. The average Bonchev–Trinajstić information content (AvgIpc) is 2.57. The van der Waals surface area contributed by atoms with E-state index in [4.69, 9.17) is 0 Å². The van der Waals surface area contributed by atoms with Gasteiger partial charge in [0.25, 0.3) is 0 Å². The van der Waals surface area contributed by atoms with Crippen LogP contribution in [0.4, 0.5) is 5.13 Å². The van der Waals surface area contributed by atoms with Gasteiger partial charge in [-0.3, -0.25) is 0 Å². The van der Waals surface area contributed by atoms with Gasteiger partial charge in [0, 0.05) is 6.54 Å². The Hall–Kier alpha value is -1.09. The number of anilines is 1. The molecule has 2 nitrogen and oxygen atoms in total. The number of aromatic nitrogens is 1. The third-order valence-electron chi connectivity index (χ3n) is 3.31. The molecule has 0 bridgehead atoms. The summed E-state index contributed by atoms with van der Waals surface area (Å²) in [5.41, 5.74) is 2.41. The standard InChI is InChI=1S/C13H16N2S/c1-9-5-6-12-11(7-9)15-13(16-12)14-8-10-3-2-4-10/h5-7,10H,2-4,8H2,1H3,(H,14,15). The van der Waals surface area contributed by atoms with Gasteiger partial charge in [-0.15, -0.1) is 0 Å². The first-order valence-electron chi connectivity index (χ1n) is 5.92. The molecule has 84 valence electrons. The van der Waals surface area contributed by atoms with Gasteiger partial charge in [0.15, 0.2) is 5.13 Å². The van der Waals surface area contributed by atoms with Crippen LogP contribution in [0.1, 0.15) is 24.8 Å². The van der Waals surface area contributed by atoms with Gasteiger partial charge in [-0.1, -0.05) is 23.8 Å². The maximum atomic E-state index is 4.61. The summed E-state index contributed by atoms with van der Waals surface area (Å²) >= 11 is 1.76. The summed E-state index contributed by atoms with van der Waals surface area (Å²) in [7, 11) is 0. The zero-order valence-electron chi connectivity index (χ0n) is 9.49. The van der Waals surface area contributed by atoms with Gasteiger partial charge >= 0.3 is 0 Å². The van der Waals surface area contributed by atoms with Crippen LogP contribution in [-0.4, -0.2) is 11.5 Å². The minimum Gasteiger partial charge on any atom is -0.361 e.